The van der Waals surface area contributed by atoms with Gasteiger partial charge < -0.3 is 4.57 Å². The van der Waals surface area contributed by atoms with E-state index in [0.29, 0.717) is 0 Å². The molecule has 100 heavy (non-hydrogen) atoms. The highest BCUT2D eigenvalue weighted by Crippen LogP contribution is 2.69. The van der Waals surface area contributed by atoms with E-state index in [1.54, 1.807) is 16.4 Å². The summed E-state index contributed by atoms with van der Waals surface area (Å²) in [7, 11) is -3.87. The number of halogens is 4. The van der Waals surface area contributed by atoms with Crippen molar-refractivity contribution in [3.05, 3.63) is 312 Å². The monoisotopic (exact) mass is 1610 g/mol. The molecule has 0 heterocycles. The van der Waals surface area contributed by atoms with Gasteiger partial charge >= 0.3 is 0 Å². The average molecular weight is 1610 g/mol. The van der Waals surface area contributed by atoms with E-state index in [4.69, 9.17) is 0 Å². The maximum atomic E-state index is 15.9. The van der Waals surface area contributed by atoms with E-state index >= 15 is 4.57 Å². The fourth-order valence-electron chi connectivity index (χ4n) is 21.1. The van der Waals surface area contributed by atoms with Crippen LogP contribution in [0.4, 0.5) is 0 Å². The first-order chi connectivity index (χ1) is 46.9. The van der Waals surface area contributed by atoms with Crippen molar-refractivity contribution >= 4 is 111 Å². The Morgan fingerprint density at radius 2 is 0.520 bits per heavy atom. The van der Waals surface area contributed by atoms with Gasteiger partial charge in [0.15, 0.2) is 7.14 Å². The summed E-state index contributed by atoms with van der Waals surface area (Å²) in [6.45, 7) is 42.4. The van der Waals surface area contributed by atoms with Gasteiger partial charge in [0.25, 0.3) is 0 Å². The second-order valence-electron chi connectivity index (χ2n) is 35.0. The van der Waals surface area contributed by atoms with E-state index in [0.717, 1.165) is 41.6 Å². The summed E-state index contributed by atoms with van der Waals surface area (Å²) < 4.78 is 20.9. The maximum Gasteiger partial charge on any atom is 0.171 e. The predicted molar refractivity (Wildman–Crippen MR) is 444 cm³/mol. The van der Waals surface area contributed by atoms with E-state index in [2.05, 4.69) is 346 Å². The predicted octanol–water partition coefficient (Wildman–Crippen LogP) is 24.3. The molecule has 6 aliphatic rings. The number of aryl methyl sites for hydroxylation is 6. The minimum Gasteiger partial charge on any atom is -0.309 e. The lowest BCUT2D eigenvalue weighted by molar-refractivity contribution is 0.348. The number of hydrogen-bond donors (Lipinski definition) is 0. The Morgan fingerprint density at radius 3 is 0.820 bits per heavy atom. The fourth-order valence-corrected chi connectivity index (χ4v) is 30.7. The first-order valence-corrected chi connectivity index (χ1v) is 42.3. The number of benzene rings is 10. The van der Waals surface area contributed by atoms with E-state index in [9.17, 15) is 0 Å². The van der Waals surface area contributed by atoms with Gasteiger partial charge in [-0.1, -0.05) is 322 Å². The Labute approximate surface area is 633 Å². The van der Waals surface area contributed by atoms with Gasteiger partial charge in [-0.2, -0.15) is 0 Å². The third kappa shape index (κ3) is 11.5. The largest absolute Gasteiger partial charge is 0.309 e. The molecular weight excluding hydrogens is 1510 g/mol. The minimum absolute atomic E-state index is 0.00260. The van der Waals surface area contributed by atoms with Crippen LogP contribution in [0, 0.1) is 41.5 Å². The molecule has 10 aromatic carbocycles. The molecule has 0 N–H and O–H groups in total. The molecule has 2 atom stereocenters. The third-order valence-corrected chi connectivity index (χ3v) is 32.1. The molecule has 0 fully saturated rings. The van der Waals surface area contributed by atoms with Gasteiger partial charge in [0.2, 0.25) is 0 Å². The molecule has 0 unspecified atom stereocenters. The summed E-state index contributed by atoms with van der Waals surface area (Å²) >= 11 is 16.0. The molecule has 514 valence electrons. The minimum atomic E-state index is -3.17. The van der Waals surface area contributed by atoms with Crippen molar-refractivity contribution in [2.45, 2.75) is 212 Å². The van der Waals surface area contributed by atoms with Crippen molar-refractivity contribution < 1.29 is 4.57 Å². The van der Waals surface area contributed by atoms with Crippen LogP contribution in [0.3, 0.4) is 0 Å². The Kier molecular flexibility index (Phi) is 17.9. The van der Waals surface area contributed by atoms with Crippen molar-refractivity contribution in [3.8, 4) is 0 Å². The van der Waals surface area contributed by atoms with Gasteiger partial charge in [-0.05, 0) is 256 Å². The summed E-state index contributed by atoms with van der Waals surface area (Å²) in [6, 6.07) is 71.4. The molecule has 3 spiro atoms. The van der Waals surface area contributed by atoms with Crippen molar-refractivity contribution in [2.24, 2.45) is 0 Å². The van der Waals surface area contributed by atoms with Gasteiger partial charge in [0, 0.05) is 50.0 Å². The molecule has 0 aliphatic heterocycles. The van der Waals surface area contributed by atoms with Crippen molar-refractivity contribution in [3.63, 3.8) is 0 Å². The maximum absolute atomic E-state index is 15.9. The molecule has 0 saturated carbocycles. The Hall–Kier alpha value is -5.22. The summed E-state index contributed by atoms with van der Waals surface area (Å²) in [6.07, 6.45) is 6.67. The van der Waals surface area contributed by atoms with Crippen molar-refractivity contribution in [1.29, 1.82) is 0 Å². The van der Waals surface area contributed by atoms with Gasteiger partial charge in [-0.15, -0.1) is 0 Å². The number of rotatable bonds is 6. The average Bonchev–Trinajstić information content (AvgIpc) is 1.53. The van der Waals surface area contributed by atoms with Crippen LogP contribution in [0.1, 0.15) is 222 Å². The highest BCUT2D eigenvalue weighted by molar-refractivity contribution is 9.11. The van der Waals surface area contributed by atoms with E-state index in [-0.39, 0.29) is 48.7 Å². The van der Waals surface area contributed by atoms with Crippen LogP contribution >= 0.6 is 78.8 Å². The Bertz CT molecular complexity index is 4830. The molecule has 0 amide bonds. The molecule has 7 heteroatoms. The summed E-state index contributed by atoms with van der Waals surface area (Å²) in [5, 5.41) is 7.22. The van der Waals surface area contributed by atoms with Crippen LogP contribution < -0.4 is 31.8 Å². The van der Waals surface area contributed by atoms with Crippen molar-refractivity contribution in [2.75, 3.05) is 0 Å². The standard InChI is InChI=1S/C35H36BrOP.C35H36BrP.C23H26Br2/c1-23-17-27-31(29(36)19-23)35(21-33(27,3)4)22-34(5,6)28-18-24(2)20-30(32(28)35)38(37,25-13-9-7-10-14-25)26-15-11-8-12-16-26;1-23-17-27-31(29(36)19-23)35(21-33(27,3)4)22-34(5,6)28-18-24(2)20-30(32(28)35)37(25-13-9-7-10-14-25)26-15-11-8-12-16-26;1-13-7-15-19(17(24)9-13)23(11-21(15,3)4)12-22(5,6)16-8-14(2)10-18(25)20(16)23/h7-20H,21-22H2,1-6H3;7-20H,21-22H2,1-6H3;7-10H,11-12H2,1-6H3/t2*35-;/m11./s1. The normalized spacial score (nSPS) is 21.0. The van der Waals surface area contributed by atoms with E-state index < -0.39 is 15.1 Å². The zero-order valence-corrected chi connectivity index (χ0v) is 70.2. The van der Waals surface area contributed by atoms with Gasteiger partial charge in [-0.25, -0.2) is 0 Å². The van der Waals surface area contributed by atoms with Crippen LogP contribution in [0.25, 0.3) is 0 Å². The first kappa shape index (κ1) is 71.8. The number of fused-ring (bicyclic) bond motifs is 12. The molecule has 1 nitrogen and oxygen atoms in total. The van der Waals surface area contributed by atoms with Crippen LogP contribution in [-0.4, -0.2) is 0 Å². The Balaban J connectivity index is 0.000000131. The second-order valence-corrected chi connectivity index (χ2v) is 43.3. The SMILES string of the molecule is Cc1cc(Br)c2c(c1)C(C)(C)CC21CC(C)(C)c2cc(C)cc(Br)c21.Cc1cc(Br)c2c(c1)C(C)(C)C[C@@]21CC(C)(C)c2cc(C)cc(P(=O)(c3ccccc3)c3ccccc3)c21.Cc1cc(Br)c2c(c1)C(C)(C)C[C@@]21CC(C)(C)c2cc(C)cc(P(c3ccccc3)c3ccccc3)c21. The molecular formula is C93H98Br4OP2. The fraction of sp³-hybridized carbons (Fsp3) is 0.355. The number of hydrogen-bond acceptors (Lipinski definition) is 1. The summed E-state index contributed by atoms with van der Waals surface area (Å²) in [5.41, 5.74) is 26.1. The van der Waals surface area contributed by atoms with Crippen LogP contribution in [0.15, 0.2) is 212 Å². The van der Waals surface area contributed by atoms with Crippen LogP contribution in [-0.2, 0) is 53.3 Å². The Morgan fingerprint density at radius 1 is 0.290 bits per heavy atom. The van der Waals surface area contributed by atoms with Crippen LogP contribution in [0.2, 0.25) is 0 Å². The first-order valence-electron chi connectivity index (χ1n) is 36.1. The smallest absolute Gasteiger partial charge is 0.171 e. The molecule has 0 bridgehead atoms. The van der Waals surface area contributed by atoms with E-state index in [1.165, 1.54) is 130 Å². The molecule has 0 radical (unpaired) electrons. The highest BCUT2D eigenvalue weighted by Gasteiger charge is 2.62. The molecule has 16 rings (SSSR count). The molecule has 0 aromatic heterocycles. The summed E-state index contributed by atoms with van der Waals surface area (Å²) in [4.78, 5) is 0. The zero-order valence-electron chi connectivity index (χ0n) is 62.0. The van der Waals surface area contributed by atoms with Gasteiger partial charge in [0.05, 0.1) is 0 Å². The summed E-state index contributed by atoms with van der Waals surface area (Å²) in [5.74, 6) is 0. The highest BCUT2D eigenvalue weighted by atomic mass is 79.9. The van der Waals surface area contributed by atoms with Gasteiger partial charge in [0.1, 0.15) is 0 Å². The topological polar surface area (TPSA) is 17.1 Å². The molecule has 10 aromatic rings. The lowest BCUT2D eigenvalue weighted by Gasteiger charge is -2.34. The zero-order chi connectivity index (χ0) is 71.6. The van der Waals surface area contributed by atoms with Crippen LogP contribution in [0.5, 0.6) is 0 Å². The molecule has 0 saturated heterocycles. The van der Waals surface area contributed by atoms with E-state index in [1.807, 2.05) is 36.4 Å². The third-order valence-electron chi connectivity index (χ3n) is 24.0. The molecule has 6 aliphatic carbocycles. The van der Waals surface area contributed by atoms with Gasteiger partial charge in [-0.3, -0.25) is 0 Å². The lowest BCUT2D eigenvalue weighted by Crippen LogP contribution is -2.35. The lowest BCUT2D eigenvalue weighted by atomic mass is 9.72. The quantitative estimate of drug-likeness (QED) is 0.152. The van der Waals surface area contributed by atoms with Crippen molar-refractivity contribution in [1.82, 2.24) is 0 Å². The second kappa shape index (κ2) is 25.0.